The summed E-state index contributed by atoms with van der Waals surface area (Å²) in [4.78, 5) is 28.2. The molecule has 1 aliphatic heterocycles. The monoisotopic (exact) mass is 445 g/mol. The number of halogens is 1. The van der Waals surface area contributed by atoms with E-state index in [9.17, 15) is 18.0 Å². The number of amides is 2. The van der Waals surface area contributed by atoms with Gasteiger partial charge < -0.3 is 14.5 Å². The van der Waals surface area contributed by atoms with Gasteiger partial charge in [-0.15, -0.1) is 0 Å². The van der Waals surface area contributed by atoms with Crippen LogP contribution < -0.4 is 4.31 Å². The third kappa shape index (κ3) is 5.54. The van der Waals surface area contributed by atoms with E-state index in [1.807, 2.05) is 0 Å². The first kappa shape index (κ1) is 23.3. The lowest BCUT2D eigenvalue weighted by Crippen LogP contribution is -2.56. The number of piperazine rings is 1. The standard InChI is InChI=1S/C19H28ClN3O5S/c1-5-16(18(24)21-9-11-22(12-10-21)19(25)28-6-2)23(29(4,26)27)17-13-15(20)8-7-14(17)3/h7-8,13,16H,5-6,9-12H2,1-4H3/t16-/m0/s1. The summed E-state index contributed by atoms with van der Waals surface area (Å²) in [7, 11) is -3.74. The fraction of sp³-hybridized carbons (Fsp3) is 0.579. The fourth-order valence-corrected chi connectivity index (χ4v) is 4.80. The quantitative estimate of drug-likeness (QED) is 0.671. The van der Waals surface area contributed by atoms with Gasteiger partial charge in [-0.3, -0.25) is 9.10 Å². The van der Waals surface area contributed by atoms with Crippen molar-refractivity contribution in [2.75, 3.05) is 43.3 Å². The topological polar surface area (TPSA) is 87.2 Å². The zero-order chi connectivity index (χ0) is 21.8. The molecule has 1 heterocycles. The highest BCUT2D eigenvalue weighted by atomic mass is 35.5. The number of hydrogen-bond donors (Lipinski definition) is 0. The van der Waals surface area contributed by atoms with Crippen molar-refractivity contribution in [1.29, 1.82) is 0 Å². The summed E-state index contributed by atoms with van der Waals surface area (Å²) in [5.74, 6) is -0.291. The molecule has 1 aromatic rings. The minimum absolute atomic E-state index is 0.290. The zero-order valence-electron chi connectivity index (χ0n) is 17.2. The molecule has 0 saturated carbocycles. The Morgan fingerprint density at radius 3 is 2.28 bits per heavy atom. The molecule has 162 valence electrons. The lowest BCUT2D eigenvalue weighted by molar-refractivity contribution is -0.134. The first-order chi connectivity index (χ1) is 13.6. The van der Waals surface area contributed by atoms with Crippen LogP contribution in [0.2, 0.25) is 5.02 Å². The predicted octanol–water partition coefficient (Wildman–Crippen LogP) is 2.49. The number of rotatable bonds is 6. The SMILES string of the molecule is CCOC(=O)N1CCN(C(=O)[C@H](CC)N(c2cc(Cl)ccc2C)S(C)(=O)=O)CC1. The van der Waals surface area contributed by atoms with Crippen molar-refractivity contribution >= 4 is 39.3 Å². The number of carbonyl (C=O) groups excluding carboxylic acids is 2. The van der Waals surface area contributed by atoms with E-state index in [1.54, 1.807) is 48.8 Å². The molecule has 1 atom stereocenters. The van der Waals surface area contributed by atoms with Crippen LogP contribution in [0.15, 0.2) is 18.2 Å². The molecule has 0 bridgehead atoms. The zero-order valence-corrected chi connectivity index (χ0v) is 18.8. The molecule has 1 saturated heterocycles. The molecule has 0 aliphatic carbocycles. The van der Waals surface area contributed by atoms with Crippen LogP contribution in [-0.2, 0) is 19.6 Å². The molecular formula is C19H28ClN3O5S. The van der Waals surface area contributed by atoms with Crippen molar-refractivity contribution in [3.63, 3.8) is 0 Å². The van der Waals surface area contributed by atoms with Crippen molar-refractivity contribution in [3.05, 3.63) is 28.8 Å². The second-order valence-electron chi connectivity index (χ2n) is 6.92. The van der Waals surface area contributed by atoms with Gasteiger partial charge in [0, 0.05) is 31.2 Å². The molecule has 0 radical (unpaired) electrons. The molecule has 2 amide bonds. The number of aryl methyl sites for hydroxylation is 1. The van der Waals surface area contributed by atoms with Crippen molar-refractivity contribution in [2.45, 2.75) is 33.2 Å². The maximum absolute atomic E-state index is 13.2. The van der Waals surface area contributed by atoms with Crippen LogP contribution in [0.1, 0.15) is 25.8 Å². The molecule has 0 N–H and O–H groups in total. The van der Waals surface area contributed by atoms with Gasteiger partial charge in [0.05, 0.1) is 18.6 Å². The third-order valence-electron chi connectivity index (χ3n) is 4.84. The number of anilines is 1. The average Bonchev–Trinajstić information content (AvgIpc) is 2.67. The Labute approximate surface area is 177 Å². The number of benzene rings is 1. The van der Waals surface area contributed by atoms with Crippen molar-refractivity contribution < 1.29 is 22.7 Å². The number of ether oxygens (including phenoxy) is 1. The summed E-state index contributed by atoms with van der Waals surface area (Å²) in [5.41, 5.74) is 1.10. The number of sulfonamides is 1. The van der Waals surface area contributed by atoms with Gasteiger partial charge in [0.1, 0.15) is 6.04 Å². The molecule has 2 rings (SSSR count). The molecule has 0 unspecified atom stereocenters. The van der Waals surface area contributed by atoms with Gasteiger partial charge in [-0.05, 0) is 38.0 Å². The van der Waals surface area contributed by atoms with Crippen LogP contribution in [-0.4, -0.2) is 75.3 Å². The first-order valence-electron chi connectivity index (χ1n) is 9.56. The Kier molecular flexibility index (Phi) is 7.76. The Morgan fingerprint density at radius 1 is 1.17 bits per heavy atom. The van der Waals surface area contributed by atoms with Crippen LogP contribution in [0.25, 0.3) is 0 Å². The van der Waals surface area contributed by atoms with Gasteiger partial charge in [-0.25, -0.2) is 13.2 Å². The van der Waals surface area contributed by atoms with Crippen molar-refractivity contribution in [3.8, 4) is 0 Å². The Hall–Kier alpha value is -2.00. The molecule has 10 heteroatoms. The predicted molar refractivity (Wildman–Crippen MR) is 113 cm³/mol. The average molecular weight is 446 g/mol. The van der Waals surface area contributed by atoms with Crippen LogP contribution in [0, 0.1) is 6.92 Å². The first-order valence-corrected chi connectivity index (χ1v) is 11.8. The molecule has 0 aromatic heterocycles. The summed E-state index contributed by atoms with van der Waals surface area (Å²) in [6.45, 7) is 6.90. The molecular weight excluding hydrogens is 418 g/mol. The minimum atomic E-state index is -3.74. The maximum atomic E-state index is 13.2. The van der Waals surface area contributed by atoms with Gasteiger partial charge in [-0.1, -0.05) is 24.6 Å². The second kappa shape index (κ2) is 9.67. The molecule has 1 aliphatic rings. The van der Waals surface area contributed by atoms with Gasteiger partial charge in [-0.2, -0.15) is 0 Å². The Balaban J connectivity index is 2.26. The Bertz CT molecular complexity index is 853. The summed E-state index contributed by atoms with van der Waals surface area (Å²) in [5, 5.41) is 0.393. The normalized spacial score (nSPS) is 15.8. The number of nitrogens with zero attached hydrogens (tertiary/aromatic N) is 3. The van der Waals surface area contributed by atoms with E-state index >= 15 is 0 Å². The van der Waals surface area contributed by atoms with Crippen LogP contribution in [0.4, 0.5) is 10.5 Å². The summed E-state index contributed by atoms with van der Waals surface area (Å²) >= 11 is 6.09. The van der Waals surface area contributed by atoms with E-state index in [0.717, 1.165) is 10.6 Å². The Morgan fingerprint density at radius 2 is 1.76 bits per heavy atom. The van der Waals surface area contributed by atoms with E-state index in [-0.39, 0.29) is 12.5 Å². The lowest BCUT2D eigenvalue weighted by Gasteiger charge is -2.38. The molecule has 0 spiro atoms. The number of carbonyl (C=O) groups is 2. The highest BCUT2D eigenvalue weighted by Crippen LogP contribution is 2.30. The van der Waals surface area contributed by atoms with Gasteiger partial charge in [0.2, 0.25) is 15.9 Å². The molecule has 1 fully saturated rings. The van der Waals surface area contributed by atoms with Crippen LogP contribution in [0.5, 0.6) is 0 Å². The lowest BCUT2D eigenvalue weighted by atomic mass is 10.1. The molecule has 8 nitrogen and oxygen atoms in total. The van der Waals surface area contributed by atoms with E-state index in [2.05, 4.69) is 0 Å². The number of hydrogen-bond acceptors (Lipinski definition) is 5. The van der Waals surface area contributed by atoms with E-state index in [1.165, 1.54) is 0 Å². The molecule has 1 aromatic carbocycles. The summed E-state index contributed by atoms with van der Waals surface area (Å²) < 4.78 is 31.4. The largest absolute Gasteiger partial charge is 0.450 e. The van der Waals surface area contributed by atoms with Crippen LogP contribution >= 0.6 is 11.6 Å². The summed E-state index contributed by atoms with van der Waals surface area (Å²) in [6.07, 6.45) is 0.983. The summed E-state index contributed by atoms with van der Waals surface area (Å²) in [6, 6.07) is 4.08. The van der Waals surface area contributed by atoms with E-state index in [4.69, 9.17) is 16.3 Å². The van der Waals surface area contributed by atoms with Crippen molar-refractivity contribution in [1.82, 2.24) is 9.80 Å². The van der Waals surface area contributed by atoms with Gasteiger partial charge in [0.15, 0.2) is 0 Å². The fourth-order valence-electron chi connectivity index (χ4n) is 3.37. The minimum Gasteiger partial charge on any atom is -0.450 e. The van der Waals surface area contributed by atoms with Crippen LogP contribution in [0.3, 0.4) is 0 Å². The van der Waals surface area contributed by atoms with E-state index in [0.29, 0.717) is 48.9 Å². The van der Waals surface area contributed by atoms with Crippen molar-refractivity contribution in [2.24, 2.45) is 0 Å². The maximum Gasteiger partial charge on any atom is 0.409 e. The smallest absolute Gasteiger partial charge is 0.409 e. The van der Waals surface area contributed by atoms with E-state index < -0.39 is 22.2 Å². The highest BCUT2D eigenvalue weighted by Gasteiger charge is 2.36. The second-order valence-corrected chi connectivity index (χ2v) is 9.22. The third-order valence-corrected chi connectivity index (χ3v) is 6.24. The van der Waals surface area contributed by atoms with Gasteiger partial charge in [0.25, 0.3) is 0 Å². The highest BCUT2D eigenvalue weighted by molar-refractivity contribution is 7.92. The van der Waals surface area contributed by atoms with Gasteiger partial charge >= 0.3 is 6.09 Å². The molecule has 29 heavy (non-hydrogen) atoms.